The van der Waals surface area contributed by atoms with Crippen molar-refractivity contribution in [3.05, 3.63) is 58.4 Å². The first-order valence-corrected chi connectivity index (χ1v) is 5.44. The number of rotatable bonds is 3. The van der Waals surface area contributed by atoms with E-state index >= 15 is 0 Å². The van der Waals surface area contributed by atoms with E-state index in [-0.39, 0.29) is 23.0 Å². The number of aromatic carboxylic acids is 1. The molecule has 2 aromatic rings. The van der Waals surface area contributed by atoms with Crippen LogP contribution in [0.25, 0.3) is 0 Å². The van der Waals surface area contributed by atoms with Crippen molar-refractivity contribution >= 4 is 17.6 Å². The van der Waals surface area contributed by atoms with E-state index in [1.54, 1.807) is 12.1 Å². The minimum Gasteiger partial charge on any atom is -0.477 e. The molecule has 1 aromatic carbocycles. The van der Waals surface area contributed by atoms with Gasteiger partial charge in [-0.1, -0.05) is 23.7 Å². The van der Waals surface area contributed by atoms with Crippen LogP contribution in [-0.2, 0) is 6.42 Å². The predicted octanol–water partition coefficient (Wildman–Crippen LogP) is 2.56. The second-order valence-corrected chi connectivity index (χ2v) is 3.96. The van der Waals surface area contributed by atoms with E-state index in [4.69, 9.17) is 16.7 Å². The second-order valence-electron chi connectivity index (χ2n) is 3.55. The molecule has 0 atom stereocenters. The molecule has 92 valence electrons. The first-order chi connectivity index (χ1) is 8.58. The van der Waals surface area contributed by atoms with Crippen LogP contribution in [0.1, 0.15) is 21.9 Å². The molecule has 6 heteroatoms. The van der Waals surface area contributed by atoms with E-state index in [2.05, 4.69) is 9.97 Å². The van der Waals surface area contributed by atoms with Crippen molar-refractivity contribution in [1.29, 1.82) is 0 Å². The minimum atomic E-state index is -1.15. The molecule has 0 aliphatic carbocycles. The van der Waals surface area contributed by atoms with E-state index in [9.17, 15) is 9.18 Å². The van der Waals surface area contributed by atoms with Crippen LogP contribution >= 0.6 is 11.6 Å². The maximum Gasteiger partial charge on any atom is 0.354 e. The Hall–Kier alpha value is -2.01. The summed E-state index contributed by atoms with van der Waals surface area (Å²) in [6, 6.07) is 5.88. The fourth-order valence-corrected chi connectivity index (χ4v) is 1.65. The Morgan fingerprint density at radius 3 is 2.89 bits per heavy atom. The van der Waals surface area contributed by atoms with E-state index in [1.165, 1.54) is 18.3 Å². The highest BCUT2D eigenvalue weighted by atomic mass is 35.5. The zero-order valence-corrected chi connectivity index (χ0v) is 9.86. The molecule has 1 aromatic heterocycles. The number of hydrogen-bond acceptors (Lipinski definition) is 3. The van der Waals surface area contributed by atoms with E-state index in [0.717, 1.165) is 0 Å². The van der Waals surface area contributed by atoms with Crippen LogP contribution in [0.4, 0.5) is 4.39 Å². The number of halogens is 2. The molecule has 0 radical (unpaired) electrons. The standard InChI is InChI=1S/C12H8ClFN2O2/c13-8-3-1-2-7(11(8)14)6-10-15-5-4-9(16-10)12(17)18/h1-5H,6H2,(H,17,18). The van der Waals surface area contributed by atoms with Gasteiger partial charge in [-0.15, -0.1) is 0 Å². The van der Waals surface area contributed by atoms with Crippen molar-refractivity contribution < 1.29 is 14.3 Å². The fourth-order valence-electron chi connectivity index (χ4n) is 1.46. The Bertz CT molecular complexity index is 604. The molecule has 1 heterocycles. The lowest BCUT2D eigenvalue weighted by molar-refractivity contribution is 0.0690. The van der Waals surface area contributed by atoms with Crippen LogP contribution in [0, 0.1) is 5.82 Å². The Morgan fingerprint density at radius 2 is 2.17 bits per heavy atom. The highest BCUT2D eigenvalue weighted by Crippen LogP contribution is 2.19. The van der Waals surface area contributed by atoms with Gasteiger partial charge in [-0.2, -0.15) is 0 Å². The summed E-state index contributed by atoms with van der Waals surface area (Å²) in [4.78, 5) is 18.5. The molecular weight excluding hydrogens is 259 g/mol. The number of carboxylic acids is 1. The summed E-state index contributed by atoms with van der Waals surface area (Å²) < 4.78 is 13.6. The van der Waals surface area contributed by atoms with Gasteiger partial charge >= 0.3 is 5.97 Å². The molecular formula is C12H8ClFN2O2. The molecule has 0 aliphatic heterocycles. The Balaban J connectivity index is 2.31. The van der Waals surface area contributed by atoms with Gasteiger partial charge in [-0.3, -0.25) is 0 Å². The molecule has 0 unspecified atom stereocenters. The van der Waals surface area contributed by atoms with Gasteiger partial charge in [-0.25, -0.2) is 19.2 Å². The third-order valence-electron chi connectivity index (χ3n) is 2.30. The third kappa shape index (κ3) is 2.62. The molecule has 0 saturated carbocycles. The molecule has 0 fully saturated rings. The summed E-state index contributed by atoms with van der Waals surface area (Å²) in [5.41, 5.74) is 0.201. The van der Waals surface area contributed by atoms with Crippen molar-refractivity contribution in [2.45, 2.75) is 6.42 Å². The van der Waals surface area contributed by atoms with E-state index < -0.39 is 11.8 Å². The van der Waals surface area contributed by atoms with Crippen LogP contribution < -0.4 is 0 Å². The van der Waals surface area contributed by atoms with E-state index in [0.29, 0.717) is 5.56 Å². The highest BCUT2D eigenvalue weighted by Gasteiger charge is 2.10. The summed E-state index contributed by atoms with van der Waals surface area (Å²) in [7, 11) is 0. The van der Waals surface area contributed by atoms with Crippen molar-refractivity contribution in [3.8, 4) is 0 Å². The summed E-state index contributed by atoms with van der Waals surface area (Å²) in [6.07, 6.45) is 1.42. The number of benzene rings is 1. The number of carboxylic acid groups (broad SMARTS) is 1. The monoisotopic (exact) mass is 266 g/mol. The van der Waals surface area contributed by atoms with Gasteiger partial charge in [0, 0.05) is 12.6 Å². The molecule has 4 nitrogen and oxygen atoms in total. The number of carbonyl (C=O) groups is 1. The average Bonchev–Trinajstić information content (AvgIpc) is 2.35. The first kappa shape index (κ1) is 12.4. The normalized spacial score (nSPS) is 10.3. The number of hydrogen-bond donors (Lipinski definition) is 1. The SMILES string of the molecule is O=C(O)c1ccnc(Cc2cccc(Cl)c2F)n1. The number of nitrogens with zero attached hydrogens (tertiary/aromatic N) is 2. The minimum absolute atomic E-state index is 0.0156. The molecule has 0 amide bonds. The molecule has 0 bridgehead atoms. The zero-order chi connectivity index (χ0) is 13.1. The Kier molecular flexibility index (Phi) is 3.53. The predicted molar refractivity (Wildman–Crippen MR) is 63.2 cm³/mol. The van der Waals surface area contributed by atoms with Crippen LogP contribution in [0.3, 0.4) is 0 Å². The van der Waals surface area contributed by atoms with Crippen molar-refractivity contribution in [2.75, 3.05) is 0 Å². The largest absolute Gasteiger partial charge is 0.477 e. The van der Waals surface area contributed by atoms with Gasteiger partial charge < -0.3 is 5.11 Å². The summed E-state index contributed by atoms with van der Waals surface area (Å²) in [6.45, 7) is 0. The third-order valence-corrected chi connectivity index (χ3v) is 2.60. The maximum absolute atomic E-state index is 13.6. The lowest BCUT2D eigenvalue weighted by Crippen LogP contribution is -2.05. The van der Waals surface area contributed by atoms with Gasteiger partial charge in [0.1, 0.15) is 11.6 Å². The van der Waals surface area contributed by atoms with Crippen molar-refractivity contribution in [2.24, 2.45) is 0 Å². The molecule has 0 saturated heterocycles. The van der Waals surface area contributed by atoms with Crippen LogP contribution in [0.2, 0.25) is 5.02 Å². The highest BCUT2D eigenvalue weighted by molar-refractivity contribution is 6.30. The maximum atomic E-state index is 13.6. The van der Waals surface area contributed by atoms with Gasteiger partial charge in [0.2, 0.25) is 0 Å². The van der Waals surface area contributed by atoms with Crippen LogP contribution in [0.15, 0.2) is 30.5 Å². The zero-order valence-electron chi connectivity index (χ0n) is 9.10. The second kappa shape index (κ2) is 5.10. The van der Waals surface area contributed by atoms with Crippen LogP contribution in [-0.4, -0.2) is 21.0 Å². The fraction of sp³-hybridized carbons (Fsp3) is 0.0833. The quantitative estimate of drug-likeness (QED) is 0.927. The lowest BCUT2D eigenvalue weighted by Gasteiger charge is -2.04. The van der Waals surface area contributed by atoms with Gasteiger partial charge in [0.05, 0.1) is 5.02 Å². The average molecular weight is 267 g/mol. The first-order valence-electron chi connectivity index (χ1n) is 5.06. The molecule has 2 rings (SSSR count). The lowest BCUT2D eigenvalue weighted by atomic mass is 10.1. The smallest absolute Gasteiger partial charge is 0.354 e. The van der Waals surface area contributed by atoms with Crippen molar-refractivity contribution in [3.63, 3.8) is 0 Å². The van der Waals surface area contributed by atoms with Gasteiger partial charge in [-0.05, 0) is 17.7 Å². The van der Waals surface area contributed by atoms with Gasteiger partial charge in [0.15, 0.2) is 5.69 Å². The topological polar surface area (TPSA) is 63.1 Å². The molecule has 18 heavy (non-hydrogen) atoms. The van der Waals surface area contributed by atoms with Gasteiger partial charge in [0.25, 0.3) is 0 Å². The molecule has 0 spiro atoms. The summed E-state index contributed by atoms with van der Waals surface area (Å²) in [5.74, 6) is -1.45. The van der Waals surface area contributed by atoms with Crippen LogP contribution in [0.5, 0.6) is 0 Å². The Morgan fingerprint density at radius 1 is 1.39 bits per heavy atom. The molecule has 1 N–H and O–H groups in total. The number of aromatic nitrogens is 2. The van der Waals surface area contributed by atoms with Crippen molar-refractivity contribution in [1.82, 2.24) is 9.97 Å². The van der Waals surface area contributed by atoms with E-state index in [1.807, 2.05) is 0 Å². The summed E-state index contributed by atoms with van der Waals surface area (Å²) in [5, 5.41) is 8.80. The molecule has 0 aliphatic rings. The summed E-state index contributed by atoms with van der Waals surface area (Å²) >= 11 is 5.65. The Labute approximate surface area is 107 Å².